The fraction of sp³-hybridized carbons (Fsp3) is 0.556. The van der Waals surface area contributed by atoms with Crippen LogP contribution in [-0.2, 0) is 6.54 Å². The van der Waals surface area contributed by atoms with Crippen LogP contribution < -0.4 is 5.73 Å². The SMILES string of the molecule is CCn1ncc(Br)c1C(=O)C(C)(N)C(F)(F)F. The molecule has 1 heterocycles. The molecule has 1 aromatic heterocycles. The molecule has 0 saturated carbocycles. The van der Waals surface area contributed by atoms with Crippen molar-refractivity contribution >= 4 is 21.7 Å². The first-order chi connectivity index (χ1) is 7.63. The monoisotopic (exact) mass is 313 g/mol. The van der Waals surface area contributed by atoms with Gasteiger partial charge in [-0.25, -0.2) is 0 Å². The van der Waals surface area contributed by atoms with Crippen LogP contribution in [0, 0.1) is 0 Å². The van der Waals surface area contributed by atoms with Crippen molar-refractivity contribution in [2.45, 2.75) is 32.1 Å². The van der Waals surface area contributed by atoms with Crippen LogP contribution in [0.15, 0.2) is 10.7 Å². The normalized spacial score (nSPS) is 15.7. The van der Waals surface area contributed by atoms with Crippen LogP contribution in [-0.4, -0.2) is 27.3 Å². The highest BCUT2D eigenvalue weighted by Crippen LogP contribution is 2.32. The molecule has 4 nitrogen and oxygen atoms in total. The van der Waals surface area contributed by atoms with Gasteiger partial charge in [0.15, 0.2) is 5.54 Å². The van der Waals surface area contributed by atoms with Gasteiger partial charge < -0.3 is 5.73 Å². The average Bonchev–Trinajstić information content (AvgIpc) is 2.56. The summed E-state index contributed by atoms with van der Waals surface area (Å²) >= 11 is 2.99. The smallest absolute Gasteiger partial charge is 0.311 e. The van der Waals surface area contributed by atoms with Crippen molar-refractivity contribution < 1.29 is 18.0 Å². The van der Waals surface area contributed by atoms with Gasteiger partial charge in [-0.05, 0) is 29.8 Å². The molecular formula is C9H11BrF3N3O. The van der Waals surface area contributed by atoms with Crippen molar-refractivity contribution in [2.24, 2.45) is 5.73 Å². The molecule has 0 aliphatic rings. The van der Waals surface area contributed by atoms with Gasteiger partial charge in [0.05, 0.1) is 10.7 Å². The number of aromatic nitrogens is 2. The van der Waals surface area contributed by atoms with Crippen LogP contribution in [0.3, 0.4) is 0 Å². The Morgan fingerprint density at radius 3 is 2.53 bits per heavy atom. The first-order valence-corrected chi connectivity index (χ1v) is 5.54. The minimum absolute atomic E-state index is 0.171. The summed E-state index contributed by atoms with van der Waals surface area (Å²) in [5.41, 5.74) is 1.98. The highest BCUT2D eigenvalue weighted by molar-refractivity contribution is 9.10. The fourth-order valence-electron chi connectivity index (χ4n) is 1.20. The van der Waals surface area contributed by atoms with E-state index in [4.69, 9.17) is 5.73 Å². The van der Waals surface area contributed by atoms with Crippen LogP contribution in [0.25, 0.3) is 0 Å². The van der Waals surface area contributed by atoms with E-state index in [0.717, 1.165) is 0 Å². The van der Waals surface area contributed by atoms with Gasteiger partial charge in [0.2, 0.25) is 5.78 Å². The molecule has 1 rings (SSSR count). The van der Waals surface area contributed by atoms with E-state index in [1.807, 2.05) is 0 Å². The van der Waals surface area contributed by atoms with E-state index < -0.39 is 17.5 Å². The molecule has 1 aromatic rings. The van der Waals surface area contributed by atoms with E-state index in [2.05, 4.69) is 21.0 Å². The maximum absolute atomic E-state index is 12.7. The third-order valence-corrected chi connectivity index (χ3v) is 2.95. The first-order valence-electron chi connectivity index (χ1n) is 4.74. The Bertz CT molecular complexity index is 439. The van der Waals surface area contributed by atoms with Crippen molar-refractivity contribution in [1.29, 1.82) is 0 Å². The lowest BCUT2D eigenvalue weighted by molar-refractivity contribution is -0.166. The van der Waals surface area contributed by atoms with Gasteiger partial charge in [0.25, 0.3) is 0 Å². The summed E-state index contributed by atoms with van der Waals surface area (Å²) in [6, 6.07) is 0. The molecule has 0 aliphatic heterocycles. The molecule has 0 saturated heterocycles. The zero-order valence-electron chi connectivity index (χ0n) is 9.18. The van der Waals surface area contributed by atoms with E-state index in [9.17, 15) is 18.0 Å². The molecule has 2 N–H and O–H groups in total. The minimum Gasteiger partial charge on any atom is -0.311 e. The van der Waals surface area contributed by atoms with Crippen LogP contribution in [0.5, 0.6) is 0 Å². The topological polar surface area (TPSA) is 60.9 Å². The number of Topliss-reactive ketones (excluding diaryl/α,β-unsaturated/α-hetero) is 1. The number of hydrogen-bond acceptors (Lipinski definition) is 3. The maximum atomic E-state index is 12.7. The molecule has 8 heteroatoms. The van der Waals surface area contributed by atoms with Gasteiger partial charge in [0.1, 0.15) is 5.69 Å². The Morgan fingerprint density at radius 2 is 2.12 bits per heavy atom. The summed E-state index contributed by atoms with van der Waals surface area (Å²) in [6.07, 6.45) is -3.55. The second kappa shape index (κ2) is 4.41. The number of carbonyl (C=O) groups is 1. The summed E-state index contributed by atoms with van der Waals surface area (Å²) < 4.78 is 39.3. The highest BCUT2D eigenvalue weighted by Gasteiger charge is 2.55. The standard InChI is InChI=1S/C9H11BrF3N3O/c1-3-16-6(5(10)4-15-16)7(17)8(2,14)9(11,12)13/h4H,3,14H2,1-2H3. The summed E-state index contributed by atoms with van der Waals surface area (Å²) in [6.45, 7) is 2.59. The highest BCUT2D eigenvalue weighted by atomic mass is 79.9. The number of ketones is 1. The largest absolute Gasteiger partial charge is 0.413 e. The lowest BCUT2D eigenvalue weighted by Gasteiger charge is -2.26. The number of halogens is 4. The predicted octanol–water partition coefficient (Wildman–Crippen LogP) is 2.13. The number of rotatable bonds is 3. The second-order valence-corrected chi connectivity index (χ2v) is 4.54. The molecule has 1 atom stereocenters. The van der Waals surface area contributed by atoms with E-state index in [1.165, 1.54) is 10.9 Å². The number of aryl methyl sites for hydroxylation is 1. The van der Waals surface area contributed by atoms with Gasteiger partial charge in [-0.15, -0.1) is 0 Å². The van der Waals surface area contributed by atoms with Gasteiger partial charge >= 0.3 is 6.18 Å². The Hall–Kier alpha value is -0.890. The maximum Gasteiger partial charge on any atom is 0.413 e. The average molecular weight is 314 g/mol. The number of alkyl halides is 3. The number of nitrogens with zero attached hydrogens (tertiary/aromatic N) is 2. The molecule has 96 valence electrons. The van der Waals surface area contributed by atoms with Crippen LogP contribution >= 0.6 is 15.9 Å². The van der Waals surface area contributed by atoms with E-state index in [0.29, 0.717) is 6.92 Å². The zero-order chi connectivity index (χ0) is 13.4. The number of carbonyl (C=O) groups excluding carboxylic acids is 1. The van der Waals surface area contributed by atoms with Gasteiger partial charge in [-0.1, -0.05) is 0 Å². The first kappa shape index (κ1) is 14.2. The molecule has 0 radical (unpaired) electrons. The van der Waals surface area contributed by atoms with Crippen molar-refractivity contribution in [2.75, 3.05) is 0 Å². The summed E-state index contributed by atoms with van der Waals surface area (Å²) in [7, 11) is 0. The lowest BCUT2D eigenvalue weighted by Crippen LogP contribution is -2.57. The molecule has 0 amide bonds. The molecule has 0 aliphatic carbocycles. The molecule has 0 spiro atoms. The summed E-state index contributed by atoms with van der Waals surface area (Å²) in [5.74, 6) is -1.21. The molecular weight excluding hydrogens is 303 g/mol. The van der Waals surface area contributed by atoms with Gasteiger partial charge in [-0.2, -0.15) is 18.3 Å². The number of nitrogens with two attached hydrogens (primary N) is 1. The van der Waals surface area contributed by atoms with Crippen molar-refractivity contribution in [3.63, 3.8) is 0 Å². The number of hydrogen-bond donors (Lipinski definition) is 1. The summed E-state index contributed by atoms with van der Waals surface area (Å²) in [4.78, 5) is 11.8. The zero-order valence-corrected chi connectivity index (χ0v) is 10.8. The molecule has 0 aromatic carbocycles. The summed E-state index contributed by atoms with van der Waals surface area (Å²) in [5, 5.41) is 3.78. The molecule has 0 fully saturated rings. The Morgan fingerprint density at radius 1 is 1.59 bits per heavy atom. The van der Waals surface area contributed by atoms with Crippen molar-refractivity contribution in [3.8, 4) is 0 Å². The second-order valence-electron chi connectivity index (χ2n) is 3.69. The van der Waals surface area contributed by atoms with Crippen molar-refractivity contribution in [3.05, 3.63) is 16.4 Å². The predicted molar refractivity (Wildman–Crippen MR) is 58.6 cm³/mol. The van der Waals surface area contributed by atoms with E-state index in [1.54, 1.807) is 6.92 Å². The van der Waals surface area contributed by atoms with Gasteiger partial charge in [0, 0.05) is 6.54 Å². The Balaban J connectivity index is 3.26. The molecule has 17 heavy (non-hydrogen) atoms. The van der Waals surface area contributed by atoms with Crippen LogP contribution in [0.1, 0.15) is 24.3 Å². The fourth-order valence-corrected chi connectivity index (χ4v) is 1.68. The van der Waals surface area contributed by atoms with Gasteiger partial charge in [-0.3, -0.25) is 9.48 Å². The quantitative estimate of drug-likeness (QED) is 0.870. The van der Waals surface area contributed by atoms with Crippen molar-refractivity contribution in [1.82, 2.24) is 9.78 Å². The van der Waals surface area contributed by atoms with Crippen LogP contribution in [0.4, 0.5) is 13.2 Å². The Labute approximate surface area is 104 Å². The van der Waals surface area contributed by atoms with E-state index >= 15 is 0 Å². The lowest BCUT2D eigenvalue weighted by atomic mass is 9.94. The Kier molecular flexibility index (Phi) is 3.68. The van der Waals surface area contributed by atoms with E-state index in [-0.39, 0.29) is 16.7 Å². The van der Waals surface area contributed by atoms with Crippen LogP contribution in [0.2, 0.25) is 0 Å². The minimum atomic E-state index is -4.81. The third kappa shape index (κ3) is 2.37. The molecule has 1 unspecified atom stereocenters. The third-order valence-electron chi connectivity index (χ3n) is 2.37. The molecule has 0 bridgehead atoms.